The summed E-state index contributed by atoms with van der Waals surface area (Å²) in [7, 11) is 0. The Morgan fingerprint density at radius 3 is 2.24 bits per heavy atom. The van der Waals surface area contributed by atoms with Crippen LogP contribution in [0.4, 0.5) is 0 Å². The van der Waals surface area contributed by atoms with Crippen LogP contribution in [0.3, 0.4) is 0 Å². The summed E-state index contributed by atoms with van der Waals surface area (Å²) < 4.78 is 0. The Morgan fingerprint density at radius 2 is 1.29 bits per heavy atom. The van der Waals surface area contributed by atoms with Gasteiger partial charge in [-0.1, -0.05) is 57.1 Å². The Labute approximate surface area is 117 Å². The van der Waals surface area contributed by atoms with E-state index in [0.29, 0.717) is 0 Å². The van der Waals surface area contributed by atoms with Crippen LogP contribution in [0.2, 0.25) is 0 Å². The van der Waals surface area contributed by atoms with E-state index in [4.69, 9.17) is 0 Å². The standard InChI is InChI=1S/C8H13.C8H11.Co/c2*1-2-4-6-8-7-5-3-1;/h1H,2,4-8H2;1-2,7H,3-6H2;/q2*-1;+2. The van der Waals surface area contributed by atoms with E-state index in [1.807, 2.05) is 0 Å². The quantitative estimate of drug-likeness (QED) is 0.422. The van der Waals surface area contributed by atoms with Crippen LogP contribution >= 0.6 is 0 Å². The molecule has 0 aromatic carbocycles. The average Bonchev–Trinajstić information content (AvgIpc) is 2.15. The van der Waals surface area contributed by atoms with Crippen molar-refractivity contribution in [1.29, 1.82) is 0 Å². The summed E-state index contributed by atoms with van der Waals surface area (Å²) in [5.41, 5.74) is 0. The van der Waals surface area contributed by atoms with Gasteiger partial charge in [0.25, 0.3) is 0 Å². The molecule has 0 saturated heterocycles. The van der Waals surface area contributed by atoms with Crippen molar-refractivity contribution in [3.8, 4) is 0 Å². The largest absolute Gasteiger partial charge is 2.00 e. The molecule has 0 nitrogen and oxygen atoms in total. The van der Waals surface area contributed by atoms with Crippen LogP contribution in [0, 0.1) is 12.2 Å². The van der Waals surface area contributed by atoms with Crippen molar-refractivity contribution in [2.45, 2.75) is 64.2 Å². The second-order valence-electron chi connectivity index (χ2n) is 4.36. The molecule has 0 aromatic rings. The Morgan fingerprint density at radius 1 is 0.588 bits per heavy atom. The van der Waals surface area contributed by atoms with Gasteiger partial charge in [-0.2, -0.15) is 12.8 Å². The van der Waals surface area contributed by atoms with Crippen molar-refractivity contribution in [2.75, 3.05) is 0 Å². The van der Waals surface area contributed by atoms with Crippen molar-refractivity contribution < 1.29 is 16.8 Å². The molecule has 0 fully saturated rings. The van der Waals surface area contributed by atoms with Crippen LogP contribution in [0.25, 0.3) is 0 Å². The molecule has 0 spiro atoms. The smallest absolute Gasteiger partial charge is 0.501 e. The van der Waals surface area contributed by atoms with Gasteiger partial charge in [0.05, 0.1) is 0 Å². The maximum absolute atomic E-state index is 3.26. The maximum atomic E-state index is 3.26. The normalized spacial score (nSPS) is 19.8. The molecule has 0 aliphatic heterocycles. The number of rotatable bonds is 0. The molecule has 17 heavy (non-hydrogen) atoms. The molecule has 2 aliphatic carbocycles. The van der Waals surface area contributed by atoms with Gasteiger partial charge in [0.1, 0.15) is 0 Å². The minimum atomic E-state index is 0. The SMILES string of the molecule is [C-]1=CCCC=CCC1.[C-]1=CCCCCCC1.[Co+2]. The molecule has 0 amide bonds. The molecule has 0 saturated carbocycles. The zero-order valence-corrected chi connectivity index (χ0v) is 11.8. The van der Waals surface area contributed by atoms with Crippen molar-refractivity contribution in [2.24, 2.45) is 0 Å². The first kappa shape index (κ1) is 16.7. The number of hydrogen-bond acceptors (Lipinski definition) is 0. The van der Waals surface area contributed by atoms with E-state index in [1.54, 1.807) is 0 Å². The zero-order valence-electron chi connectivity index (χ0n) is 10.7. The Kier molecular flexibility index (Phi) is 13.6. The van der Waals surface area contributed by atoms with E-state index in [-0.39, 0.29) is 16.8 Å². The van der Waals surface area contributed by atoms with Gasteiger partial charge in [-0.25, -0.2) is 0 Å². The molecule has 1 heteroatoms. The van der Waals surface area contributed by atoms with Gasteiger partial charge in [-0.15, -0.1) is 0 Å². The van der Waals surface area contributed by atoms with Crippen LogP contribution in [-0.2, 0) is 16.8 Å². The third-order valence-corrected chi connectivity index (χ3v) is 2.81. The topological polar surface area (TPSA) is 0 Å². The van der Waals surface area contributed by atoms with Crippen LogP contribution in [0.1, 0.15) is 64.2 Å². The van der Waals surface area contributed by atoms with Gasteiger partial charge in [-0.3, -0.25) is 12.2 Å². The van der Waals surface area contributed by atoms with Crippen LogP contribution < -0.4 is 0 Å². The molecular weight excluding hydrogens is 251 g/mol. The molecule has 0 unspecified atom stereocenters. The van der Waals surface area contributed by atoms with E-state index in [1.165, 1.54) is 57.8 Å². The van der Waals surface area contributed by atoms with Crippen molar-refractivity contribution >= 4 is 0 Å². The van der Waals surface area contributed by atoms with Gasteiger partial charge in [0.15, 0.2) is 0 Å². The molecule has 97 valence electrons. The summed E-state index contributed by atoms with van der Waals surface area (Å²) >= 11 is 0. The summed E-state index contributed by atoms with van der Waals surface area (Å²) in [6.07, 6.45) is 28.0. The first-order chi connectivity index (χ1) is 8.00. The third-order valence-electron chi connectivity index (χ3n) is 2.81. The molecule has 0 N–H and O–H groups in total. The second-order valence-corrected chi connectivity index (χ2v) is 4.36. The summed E-state index contributed by atoms with van der Waals surface area (Å²) in [6, 6.07) is 0. The van der Waals surface area contributed by atoms with Crippen LogP contribution in [-0.4, -0.2) is 0 Å². The fourth-order valence-electron chi connectivity index (χ4n) is 1.82. The van der Waals surface area contributed by atoms with Gasteiger partial charge >= 0.3 is 16.8 Å². The molecule has 1 radical (unpaired) electrons. The van der Waals surface area contributed by atoms with Crippen LogP contribution in [0.15, 0.2) is 24.3 Å². The maximum Gasteiger partial charge on any atom is 2.00 e. The van der Waals surface area contributed by atoms with Crippen LogP contribution in [0.5, 0.6) is 0 Å². The van der Waals surface area contributed by atoms with E-state index < -0.39 is 0 Å². The Hall–Kier alpha value is -0.274. The summed E-state index contributed by atoms with van der Waals surface area (Å²) in [4.78, 5) is 0. The van der Waals surface area contributed by atoms with Gasteiger partial charge < -0.3 is 12.2 Å². The minimum absolute atomic E-state index is 0. The molecule has 2 aliphatic rings. The average molecular weight is 275 g/mol. The first-order valence-electron chi connectivity index (χ1n) is 6.75. The Bertz CT molecular complexity index is 187. The molecule has 0 bridgehead atoms. The van der Waals surface area contributed by atoms with Gasteiger partial charge in [0.2, 0.25) is 0 Å². The van der Waals surface area contributed by atoms with E-state index >= 15 is 0 Å². The predicted molar refractivity (Wildman–Crippen MR) is 70.9 cm³/mol. The summed E-state index contributed by atoms with van der Waals surface area (Å²) in [5.74, 6) is 0. The molecule has 0 atom stereocenters. The van der Waals surface area contributed by atoms with E-state index in [2.05, 4.69) is 36.5 Å². The van der Waals surface area contributed by atoms with Crippen molar-refractivity contribution in [1.82, 2.24) is 0 Å². The monoisotopic (exact) mass is 275 g/mol. The molecule has 0 aromatic heterocycles. The predicted octanol–water partition coefficient (Wildman–Crippen LogP) is 5.17. The van der Waals surface area contributed by atoms with E-state index in [0.717, 1.165) is 6.42 Å². The number of hydrogen-bond donors (Lipinski definition) is 0. The van der Waals surface area contributed by atoms with Crippen molar-refractivity contribution in [3.63, 3.8) is 0 Å². The van der Waals surface area contributed by atoms with E-state index in [9.17, 15) is 0 Å². The summed E-state index contributed by atoms with van der Waals surface area (Å²) in [5, 5.41) is 0. The zero-order chi connectivity index (χ0) is 11.3. The second kappa shape index (κ2) is 13.8. The van der Waals surface area contributed by atoms with Gasteiger partial charge in [0, 0.05) is 0 Å². The fourth-order valence-corrected chi connectivity index (χ4v) is 1.82. The fraction of sp³-hybridized carbons (Fsp3) is 0.625. The number of allylic oxidation sites excluding steroid dienone is 6. The molecular formula is C16H24Co. The summed E-state index contributed by atoms with van der Waals surface area (Å²) in [6.45, 7) is 0. The Balaban J connectivity index is 0.000000284. The molecule has 0 heterocycles. The van der Waals surface area contributed by atoms with Gasteiger partial charge in [-0.05, 0) is 6.42 Å². The minimum Gasteiger partial charge on any atom is -0.501 e. The van der Waals surface area contributed by atoms with Crippen molar-refractivity contribution in [3.05, 3.63) is 36.5 Å². The first-order valence-corrected chi connectivity index (χ1v) is 6.75. The third kappa shape index (κ3) is 12.0. The molecule has 2 rings (SSSR count).